The van der Waals surface area contributed by atoms with Crippen LogP contribution in [0.1, 0.15) is 23.3 Å². The molecule has 5 rings (SSSR count). The zero-order valence-corrected chi connectivity index (χ0v) is 15.2. The molecule has 2 aliphatic rings. The molecule has 1 fully saturated rings. The smallest absolute Gasteiger partial charge is 0.164 e. The van der Waals surface area contributed by atoms with Gasteiger partial charge in [-0.3, -0.25) is 9.82 Å². The zero-order valence-electron chi connectivity index (χ0n) is 14.4. The van der Waals surface area contributed by atoms with E-state index in [4.69, 9.17) is 19.5 Å². The lowest BCUT2D eigenvalue weighted by atomic mass is 10.1. The molecule has 7 heteroatoms. The van der Waals surface area contributed by atoms with Gasteiger partial charge in [-0.15, -0.1) is 11.3 Å². The predicted octanol–water partition coefficient (Wildman–Crippen LogP) is 3.62. The van der Waals surface area contributed by atoms with Crippen molar-refractivity contribution in [1.29, 1.82) is 0 Å². The van der Waals surface area contributed by atoms with Crippen molar-refractivity contribution < 1.29 is 9.57 Å². The maximum atomic E-state index is 5.80. The average Bonchev–Trinajstić information content (AvgIpc) is 3.39. The van der Waals surface area contributed by atoms with E-state index in [1.54, 1.807) is 23.7 Å². The summed E-state index contributed by atoms with van der Waals surface area (Å²) in [6.45, 7) is 2.23. The van der Waals surface area contributed by atoms with Crippen molar-refractivity contribution >= 4 is 27.4 Å². The quantitative estimate of drug-likeness (QED) is 0.694. The number of aromatic nitrogens is 3. The zero-order chi connectivity index (χ0) is 17.3. The SMILES string of the molecule is c1cncc(-c2nc(NOCC3CCOC3)c3c4c(sc3n2)CCC4)c1. The molecule has 6 nitrogen and oxygen atoms in total. The van der Waals surface area contributed by atoms with Crippen molar-refractivity contribution in [3.8, 4) is 11.4 Å². The Morgan fingerprint density at radius 1 is 1.31 bits per heavy atom. The number of thiophene rings is 1. The molecule has 3 aromatic rings. The highest BCUT2D eigenvalue weighted by molar-refractivity contribution is 7.19. The van der Waals surface area contributed by atoms with Crippen LogP contribution in [0.2, 0.25) is 0 Å². The number of aryl methyl sites for hydroxylation is 2. The van der Waals surface area contributed by atoms with Crippen LogP contribution in [0.4, 0.5) is 5.82 Å². The molecule has 0 amide bonds. The molecule has 0 saturated carbocycles. The third-order valence-electron chi connectivity index (χ3n) is 5.00. The summed E-state index contributed by atoms with van der Waals surface area (Å²) in [6.07, 6.45) is 8.04. The number of hydrogen-bond donors (Lipinski definition) is 1. The van der Waals surface area contributed by atoms with Crippen molar-refractivity contribution in [1.82, 2.24) is 15.0 Å². The fourth-order valence-corrected chi connectivity index (χ4v) is 4.90. The molecule has 1 aliphatic carbocycles. The lowest BCUT2D eigenvalue weighted by Crippen LogP contribution is -2.14. The first-order valence-electron chi connectivity index (χ1n) is 9.07. The van der Waals surface area contributed by atoms with Gasteiger partial charge in [0.25, 0.3) is 0 Å². The Balaban J connectivity index is 1.50. The van der Waals surface area contributed by atoms with E-state index < -0.39 is 0 Å². The lowest BCUT2D eigenvalue weighted by Gasteiger charge is -2.12. The molecule has 1 saturated heterocycles. The van der Waals surface area contributed by atoms with E-state index in [0.717, 1.165) is 54.1 Å². The van der Waals surface area contributed by atoms with Gasteiger partial charge < -0.3 is 4.74 Å². The van der Waals surface area contributed by atoms with E-state index in [1.165, 1.54) is 16.9 Å². The number of nitrogens with zero attached hydrogens (tertiary/aromatic N) is 3. The van der Waals surface area contributed by atoms with E-state index >= 15 is 0 Å². The highest BCUT2D eigenvalue weighted by Gasteiger charge is 2.23. The maximum absolute atomic E-state index is 5.80. The molecule has 0 aromatic carbocycles. The standard InChI is InChI=1S/C19H20N4O2S/c1-4-14-15(5-1)26-19-16(14)18(23-25-11-12-6-8-24-10-12)21-17(22-19)13-3-2-7-20-9-13/h2-3,7,9,12H,1,4-6,8,10-11H2,(H,21,22,23). The van der Waals surface area contributed by atoms with Crippen molar-refractivity contribution in [2.75, 3.05) is 25.3 Å². The second kappa shape index (κ2) is 6.90. The maximum Gasteiger partial charge on any atom is 0.164 e. The molecule has 1 aliphatic heterocycles. The van der Waals surface area contributed by atoms with Crippen LogP contribution in [0.25, 0.3) is 21.6 Å². The Morgan fingerprint density at radius 2 is 2.31 bits per heavy atom. The fourth-order valence-electron chi connectivity index (χ4n) is 3.64. The van der Waals surface area contributed by atoms with Crippen LogP contribution in [0, 0.1) is 5.92 Å². The predicted molar refractivity (Wildman–Crippen MR) is 101 cm³/mol. The van der Waals surface area contributed by atoms with Gasteiger partial charge in [-0.25, -0.2) is 15.4 Å². The fraction of sp³-hybridized carbons (Fsp3) is 0.421. The van der Waals surface area contributed by atoms with Crippen LogP contribution in [-0.2, 0) is 22.4 Å². The largest absolute Gasteiger partial charge is 0.381 e. The van der Waals surface area contributed by atoms with E-state index in [9.17, 15) is 0 Å². The van der Waals surface area contributed by atoms with E-state index in [2.05, 4.69) is 10.5 Å². The summed E-state index contributed by atoms with van der Waals surface area (Å²) in [5, 5.41) is 1.12. The summed E-state index contributed by atoms with van der Waals surface area (Å²) in [4.78, 5) is 22.0. The van der Waals surface area contributed by atoms with Crippen molar-refractivity contribution in [2.24, 2.45) is 5.92 Å². The summed E-state index contributed by atoms with van der Waals surface area (Å²) in [7, 11) is 0. The van der Waals surface area contributed by atoms with Gasteiger partial charge in [0.1, 0.15) is 4.83 Å². The third kappa shape index (κ3) is 2.96. The van der Waals surface area contributed by atoms with Gasteiger partial charge in [0.15, 0.2) is 11.6 Å². The molecule has 4 heterocycles. The monoisotopic (exact) mass is 368 g/mol. The molecule has 134 valence electrons. The summed E-state index contributed by atoms with van der Waals surface area (Å²) in [5.74, 6) is 1.90. The minimum atomic E-state index is 0.450. The molecule has 0 bridgehead atoms. The lowest BCUT2D eigenvalue weighted by molar-refractivity contribution is 0.126. The molecule has 1 unspecified atom stereocenters. The van der Waals surface area contributed by atoms with Gasteiger partial charge in [-0.2, -0.15) is 0 Å². The molecular weight excluding hydrogens is 348 g/mol. The number of fused-ring (bicyclic) bond motifs is 3. The Morgan fingerprint density at radius 3 is 3.15 bits per heavy atom. The van der Waals surface area contributed by atoms with Gasteiger partial charge in [-0.05, 0) is 43.4 Å². The second-order valence-corrected chi connectivity index (χ2v) is 7.90. The van der Waals surface area contributed by atoms with E-state index in [0.29, 0.717) is 18.3 Å². The number of hydrogen-bond acceptors (Lipinski definition) is 7. The van der Waals surface area contributed by atoms with Crippen LogP contribution < -0.4 is 5.48 Å². The van der Waals surface area contributed by atoms with Crippen LogP contribution in [0.3, 0.4) is 0 Å². The minimum Gasteiger partial charge on any atom is -0.381 e. The molecule has 0 radical (unpaired) electrons. The number of nitrogens with one attached hydrogen (secondary N) is 1. The van der Waals surface area contributed by atoms with Gasteiger partial charge in [0, 0.05) is 35.4 Å². The van der Waals surface area contributed by atoms with Gasteiger partial charge in [-0.1, -0.05) is 0 Å². The summed E-state index contributed by atoms with van der Waals surface area (Å²) in [6, 6.07) is 3.89. The van der Waals surface area contributed by atoms with Crippen molar-refractivity contribution in [2.45, 2.75) is 25.7 Å². The Kier molecular flexibility index (Phi) is 4.28. The molecule has 26 heavy (non-hydrogen) atoms. The first-order chi connectivity index (χ1) is 12.9. The molecule has 1 atom stereocenters. The van der Waals surface area contributed by atoms with Gasteiger partial charge in [0.05, 0.1) is 18.6 Å². The topological polar surface area (TPSA) is 69.2 Å². The minimum absolute atomic E-state index is 0.450. The first kappa shape index (κ1) is 16.1. The van der Waals surface area contributed by atoms with Gasteiger partial charge >= 0.3 is 0 Å². The summed E-state index contributed by atoms with van der Waals surface area (Å²) >= 11 is 1.78. The first-order valence-corrected chi connectivity index (χ1v) is 9.88. The van der Waals surface area contributed by atoms with Crippen LogP contribution in [-0.4, -0.2) is 34.8 Å². The highest BCUT2D eigenvalue weighted by Crippen LogP contribution is 2.40. The molecular formula is C19H20N4O2S. The number of rotatable bonds is 5. The summed E-state index contributed by atoms with van der Waals surface area (Å²) in [5.41, 5.74) is 5.42. The Bertz CT molecular complexity index is 922. The summed E-state index contributed by atoms with van der Waals surface area (Å²) < 4.78 is 5.42. The number of ether oxygens (including phenoxy) is 1. The van der Waals surface area contributed by atoms with E-state index in [1.807, 2.05) is 12.1 Å². The number of anilines is 1. The van der Waals surface area contributed by atoms with Crippen LogP contribution in [0.15, 0.2) is 24.5 Å². The van der Waals surface area contributed by atoms with Crippen molar-refractivity contribution in [3.63, 3.8) is 0 Å². The van der Waals surface area contributed by atoms with Crippen LogP contribution >= 0.6 is 11.3 Å². The Labute approximate surface area is 155 Å². The van der Waals surface area contributed by atoms with Gasteiger partial charge in [0.2, 0.25) is 0 Å². The molecule has 0 spiro atoms. The molecule has 1 N–H and O–H groups in total. The van der Waals surface area contributed by atoms with Crippen LogP contribution in [0.5, 0.6) is 0 Å². The second-order valence-electron chi connectivity index (χ2n) is 6.82. The average molecular weight is 368 g/mol. The van der Waals surface area contributed by atoms with Crippen molar-refractivity contribution in [3.05, 3.63) is 35.0 Å². The van der Waals surface area contributed by atoms with E-state index in [-0.39, 0.29) is 0 Å². The number of pyridine rings is 1. The molecule has 3 aromatic heterocycles. The third-order valence-corrected chi connectivity index (χ3v) is 6.18. The Hall–Kier alpha value is -2.09. The highest BCUT2D eigenvalue weighted by atomic mass is 32.1. The normalized spacial score (nSPS) is 19.2.